The highest BCUT2D eigenvalue weighted by Crippen LogP contribution is 2.32. The second-order valence-electron chi connectivity index (χ2n) is 6.97. The summed E-state index contributed by atoms with van der Waals surface area (Å²) in [5.74, 6) is 0.0151. The molecule has 3 rings (SSSR count). The molecular formula is C20H28N4O2. The van der Waals surface area contributed by atoms with Crippen LogP contribution in [0.5, 0.6) is 0 Å². The second-order valence-corrected chi connectivity index (χ2v) is 6.97. The Morgan fingerprint density at radius 2 is 2.12 bits per heavy atom. The molecular weight excluding hydrogens is 328 g/mol. The lowest BCUT2D eigenvalue weighted by molar-refractivity contribution is -0.127. The molecule has 1 aromatic carbocycles. The number of rotatable bonds is 7. The number of carbonyl (C=O) groups excluding carboxylic acids is 1. The van der Waals surface area contributed by atoms with E-state index in [1.54, 1.807) is 7.11 Å². The standard InChI is InChI=1S/C20H28N4O2/c1-15(2)24-14-22-17-9-11-23(13-16-7-5-4-6-8-16)19(18(17)24)20(25)21-10-12-26-3/h4-8,14-15,19H,9-13H2,1-3H3,(H,21,25). The van der Waals surface area contributed by atoms with Crippen LogP contribution in [0.3, 0.4) is 0 Å². The number of aromatic nitrogens is 2. The first-order valence-electron chi connectivity index (χ1n) is 9.22. The van der Waals surface area contributed by atoms with Crippen molar-refractivity contribution >= 4 is 5.91 Å². The minimum Gasteiger partial charge on any atom is -0.383 e. The first-order chi connectivity index (χ1) is 12.6. The first-order valence-corrected chi connectivity index (χ1v) is 9.22. The Hall–Kier alpha value is -2.18. The first kappa shape index (κ1) is 18.6. The van der Waals surface area contributed by atoms with Crippen molar-refractivity contribution in [1.29, 1.82) is 0 Å². The maximum Gasteiger partial charge on any atom is 0.243 e. The van der Waals surface area contributed by atoms with Gasteiger partial charge in [-0.3, -0.25) is 9.69 Å². The lowest BCUT2D eigenvalue weighted by Crippen LogP contribution is -2.45. The van der Waals surface area contributed by atoms with E-state index in [4.69, 9.17) is 4.74 Å². The lowest BCUT2D eigenvalue weighted by Gasteiger charge is -2.36. The van der Waals surface area contributed by atoms with Crippen molar-refractivity contribution in [2.75, 3.05) is 26.8 Å². The van der Waals surface area contributed by atoms with E-state index < -0.39 is 0 Å². The van der Waals surface area contributed by atoms with Crippen LogP contribution in [-0.2, 0) is 22.5 Å². The van der Waals surface area contributed by atoms with Crippen molar-refractivity contribution in [1.82, 2.24) is 19.8 Å². The molecule has 1 aliphatic heterocycles. The number of fused-ring (bicyclic) bond motifs is 1. The average molecular weight is 356 g/mol. The molecule has 0 fully saturated rings. The van der Waals surface area contributed by atoms with Gasteiger partial charge in [0.2, 0.25) is 5.91 Å². The molecule has 0 saturated heterocycles. The van der Waals surface area contributed by atoms with E-state index in [9.17, 15) is 4.79 Å². The van der Waals surface area contributed by atoms with Gasteiger partial charge in [0.15, 0.2) is 0 Å². The van der Waals surface area contributed by atoms with Gasteiger partial charge in [-0.2, -0.15) is 0 Å². The quantitative estimate of drug-likeness (QED) is 0.774. The highest BCUT2D eigenvalue weighted by atomic mass is 16.5. The Morgan fingerprint density at radius 3 is 2.81 bits per heavy atom. The number of amides is 1. The molecule has 1 aromatic heterocycles. The van der Waals surface area contributed by atoms with E-state index in [2.05, 4.69) is 45.7 Å². The van der Waals surface area contributed by atoms with Crippen LogP contribution in [0.15, 0.2) is 36.7 Å². The summed E-state index contributed by atoms with van der Waals surface area (Å²) in [4.78, 5) is 19.9. The van der Waals surface area contributed by atoms with E-state index in [-0.39, 0.29) is 18.0 Å². The highest BCUT2D eigenvalue weighted by molar-refractivity contribution is 5.83. The van der Waals surface area contributed by atoms with Gasteiger partial charge in [0.05, 0.1) is 24.3 Å². The Kier molecular flexibility index (Phi) is 6.06. The molecule has 1 atom stereocenters. The molecule has 2 heterocycles. The smallest absolute Gasteiger partial charge is 0.243 e. The van der Waals surface area contributed by atoms with Crippen molar-refractivity contribution in [2.24, 2.45) is 0 Å². The van der Waals surface area contributed by atoms with Crippen LogP contribution >= 0.6 is 0 Å². The number of hydrogen-bond donors (Lipinski definition) is 1. The zero-order chi connectivity index (χ0) is 18.5. The van der Waals surface area contributed by atoms with Gasteiger partial charge in [-0.05, 0) is 19.4 Å². The predicted molar refractivity (Wildman–Crippen MR) is 101 cm³/mol. The molecule has 1 unspecified atom stereocenters. The summed E-state index contributed by atoms with van der Waals surface area (Å²) in [5, 5.41) is 3.02. The fourth-order valence-electron chi connectivity index (χ4n) is 3.52. The summed E-state index contributed by atoms with van der Waals surface area (Å²) in [7, 11) is 1.64. The SMILES string of the molecule is COCCNC(=O)C1c2c(ncn2C(C)C)CCN1Cc1ccccc1. The maximum atomic E-state index is 13.1. The molecule has 140 valence electrons. The van der Waals surface area contributed by atoms with Crippen LogP contribution in [0.25, 0.3) is 0 Å². The topological polar surface area (TPSA) is 59.4 Å². The van der Waals surface area contributed by atoms with Gasteiger partial charge in [-0.25, -0.2) is 4.98 Å². The number of imidazole rings is 1. The van der Waals surface area contributed by atoms with Gasteiger partial charge in [0, 0.05) is 39.2 Å². The van der Waals surface area contributed by atoms with Crippen molar-refractivity contribution in [2.45, 2.75) is 38.9 Å². The molecule has 0 radical (unpaired) electrons. The summed E-state index contributed by atoms with van der Waals surface area (Å²) in [5.41, 5.74) is 3.27. The van der Waals surface area contributed by atoms with Gasteiger partial charge < -0.3 is 14.6 Å². The van der Waals surface area contributed by atoms with Gasteiger partial charge in [0.25, 0.3) is 0 Å². The minimum atomic E-state index is -0.333. The number of nitrogens with zero attached hydrogens (tertiary/aromatic N) is 3. The number of carbonyl (C=O) groups is 1. The molecule has 0 aliphatic carbocycles. The Morgan fingerprint density at radius 1 is 1.35 bits per heavy atom. The number of hydrogen-bond acceptors (Lipinski definition) is 4. The third kappa shape index (κ3) is 3.97. The van der Waals surface area contributed by atoms with Crippen molar-refractivity contribution in [3.8, 4) is 0 Å². The van der Waals surface area contributed by atoms with Gasteiger partial charge in [-0.15, -0.1) is 0 Å². The molecule has 2 aromatic rings. The molecule has 0 bridgehead atoms. The molecule has 1 N–H and O–H groups in total. The minimum absolute atomic E-state index is 0.0151. The maximum absolute atomic E-state index is 13.1. The van der Waals surface area contributed by atoms with E-state index in [0.717, 1.165) is 30.9 Å². The largest absolute Gasteiger partial charge is 0.383 e. The van der Waals surface area contributed by atoms with E-state index in [1.165, 1.54) is 5.56 Å². The van der Waals surface area contributed by atoms with Gasteiger partial charge in [-0.1, -0.05) is 30.3 Å². The Labute approximate surface area is 155 Å². The van der Waals surface area contributed by atoms with E-state index >= 15 is 0 Å². The summed E-state index contributed by atoms with van der Waals surface area (Å²) in [6.07, 6.45) is 2.74. The zero-order valence-electron chi connectivity index (χ0n) is 15.8. The van der Waals surface area contributed by atoms with Gasteiger partial charge >= 0.3 is 0 Å². The molecule has 0 spiro atoms. The predicted octanol–water partition coefficient (Wildman–Crippen LogP) is 2.33. The summed E-state index contributed by atoms with van der Waals surface area (Å²) in [6, 6.07) is 10.2. The van der Waals surface area contributed by atoms with E-state index in [1.807, 2.05) is 24.5 Å². The molecule has 6 nitrogen and oxygen atoms in total. The Bertz CT molecular complexity index is 727. The molecule has 26 heavy (non-hydrogen) atoms. The lowest BCUT2D eigenvalue weighted by atomic mass is 10.00. The summed E-state index contributed by atoms with van der Waals surface area (Å²) >= 11 is 0. The van der Waals surface area contributed by atoms with Crippen LogP contribution in [0.1, 0.15) is 42.9 Å². The van der Waals surface area contributed by atoms with Crippen molar-refractivity contribution < 1.29 is 9.53 Å². The van der Waals surface area contributed by atoms with Crippen LogP contribution in [0.2, 0.25) is 0 Å². The van der Waals surface area contributed by atoms with Crippen LogP contribution < -0.4 is 5.32 Å². The fourth-order valence-corrected chi connectivity index (χ4v) is 3.52. The third-order valence-electron chi connectivity index (χ3n) is 4.81. The number of ether oxygens (including phenoxy) is 1. The highest BCUT2D eigenvalue weighted by Gasteiger charge is 2.36. The summed E-state index contributed by atoms with van der Waals surface area (Å²) < 4.78 is 7.20. The number of nitrogens with one attached hydrogen (secondary N) is 1. The number of methoxy groups -OCH3 is 1. The van der Waals surface area contributed by atoms with E-state index in [0.29, 0.717) is 13.2 Å². The molecule has 1 amide bonds. The number of benzene rings is 1. The summed E-state index contributed by atoms with van der Waals surface area (Å²) in [6.45, 7) is 6.82. The van der Waals surface area contributed by atoms with Crippen LogP contribution in [0.4, 0.5) is 0 Å². The fraction of sp³-hybridized carbons (Fsp3) is 0.500. The molecule has 0 saturated carbocycles. The molecule has 1 aliphatic rings. The third-order valence-corrected chi connectivity index (χ3v) is 4.81. The van der Waals surface area contributed by atoms with Crippen molar-refractivity contribution in [3.63, 3.8) is 0 Å². The van der Waals surface area contributed by atoms with Crippen LogP contribution in [-0.4, -0.2) is 47.2 Å². The zero-order valence-corrected chi connectivity index (χ0v) is 15.8. The average Bonchev–Trinajstić information content (AvgIpc) is 3.07. The normalized spacial score (nSPS) is 17.3. The van der Waals surface area contributed by atoms with Crippen molar-refractivity contribution in [3.05, 3.63) is 53.6 Å². The van der Waals surface area contributed by atoms with Gasteiger partial charge in [0.1, 0.15) is 6.04 Å². The monoisotopic (exact) mass is 356 g/mol. The van der Waals surface area contributed by atoms with Crippen LogP contribution in [0, 0.1) is 0 Å². The second kappa shape index (κ2) is 8.47. The molecule has 6 heteroatoms. The Balaban J connectivity index is 1.90.